The summed E-state index contributed by atoms with van der Waals surface area (Å²) >= 11 is 0. The summed E-state index contributed by atoms with van der Waals surface area (Å²) in [7, 11) is 0. The Balaban J connectivity index is 1.89. The van der Waals surface area contributed by atoms with Gasteiger partial charge >= 0.3 is 0 Å². The Bertz CT molecular complexity index is 586. The molecular formula is C18H27FN4O2. The molecule has 6 nitrogen and oxygen atoms in total. The SMILES string of the molecule is CCNC(=NCC(=O)Nc1cccc(F)c1)N1CCC(OCC)CC1. The van der Waals surface area contributed by atoms with Crippen molar-refractivity contribution in [2.75, 3.05) is 38.1 Å². The minimum Gasteiger partial charge on any atom is -0.378 e. The van der Waals surface area contributed by atoms with Crippen LogP contribution in [0, 0.1) is 5.82 Å². The molecule has 0 radical (unpaired) electrons. The van der Waals surface area contributed by atoms with Gasteiger partial charge in [0.2, 0.25) is 5.91 Å². The van der Waals surface area contributed by atoms with Gasteiger partial charge in [-0.1, -0.05) is 6.07 Å². The van der Waals surface area contributed by atoms with Crippen LogP contribution in [0.25, 0.3) is 0 Å². The minimum atomic E-state index is -0.383. The van der Waals surface area contributed by atoms with Gasteiger partial charge in [-0.3, -0.25) is 4.79 Å². The van der Waals surface area contributed by atoms with E-state index in [0.717, 1.165) is 45.0 Å². The maximum atomic E-state index is 13.2. The first-order valence-electron chi connectivity index (χ1n) is 8.82. The Morgan fingerprint density at radius 2 is 2.12 bits per heavy atom. The molecule has 1 saturated heterocycles. The van der Waals surface area contributed by atoms with Crippen molar-refractivity contribution in [3.8, 4) is 0 Å². The molecule has 1 aliphatic rings. The third-order valence-corrected chi connectivity index (χ3v) is 3.96. The third-order valence-electron chi connectivity index (χ3n) is 3.96. The van der Waals surface area contributed by atoms with Crippen LogP contribution < -0.4 is 10.6 Å². The first kappa shape index (κ1) is 19.2. The van der Waals surface area contributed by atoms with Crippen LogP contribution in [0.3, 0.4) is 0 Å². The summed E-state index contributed by atoms with van der Waals surface area (Å²) in [5.41, 5.74) is 0.433. The van der Waals surface area contributed by atoms with Gasteiger partial charge in [-0.25, -0.2) is 9.38 Å². The smallest absolute Gasteiger partial charge is 0.246 e. The molecule has 0 saturated carbocycles. The van der Waals surface area contributed by atoms with Gasteiger partial charge in [0.05, 0.1) is 6.10 Å². The number of piperidine rings is 1. The molecule has 7 heteroatoms. The highest BCUT2D eigenvalue weighted by atomic mass is 19.1. The van der Waals surface area contributed by atoms with Crippen LogP contribution in [0.1, 0.15) is 26.7 Å². The summed E-state index contributed by atoms with van der Waals surface area (Å²) < 4.78 is 18.8. The summed E-state index contributed by atoms with van der Waals surface area (Å²) in [5.74, 6) is 0.0730. The molecule has 0 unspecified atom stereocenters. The topological polar surface area (TPSA) is 66.0 Å². The van der Waals surface area contributed by atoms with Gasteiger partial charge in [0.1, 0.15) is 12.4 Å². The van der Waals surface area contributed by atoms with Gasteiger partial charge < -0.3 is 20.3 Å². The zero-order valence-corrected chi connectivity index (χ0v) is 14.9. The number of anilines is 1. The molecule has 1 aromatic carbocycles. The number of carbonyl (C=O) groups excluding carboxylic acids is 1. The molecule has 0 atom stereocenters. The molecule has 25 heavy (non-hydrogen) atoms. The molecule has 0 spiro atoms. The predicted molar refractivity (Wildman–Crippen MR) is 97.2 cm³/mol. The molecular weight excluding hydrogens is 323 g/mol. The minimum absolute atomic E-state index is 0.00969. The van der Waals surface area contributed by atoms with E-state index in [2.05, 4.69) is 20.5 Å². The number of nitrogens with zero attached hydrogens (tertiary/aromatic N) is 2. The number of hydrogen-bond donors (Lipinski definition) is 2. The Morgan fingerprint density at radius 3 is 2.76 bits per heavy atom. The number of hydrogen-bond acceptors (Lipinski definition) is 3. The van der Waals surface area contributed by atoms with Crippen LogP contribution in [0.4, 0.5) is 10.1 Å². The van der Waals surface area contributed by atoms with Gasteiger partial charge in [0, 0.05) is 31.9 Å². The lowest BCUT2D eigenvalue weighted by Gasteiger charge is -2.34. The molecule has 1 aliphatic heterocycles. The van der Waals surface area contributed by atoms with Crippen molar-refractivity contribution >= 4 is 17.6 Å². The maximum Gasteiger partial charge on any atom is 0.246 e. The lowest BCUT2D eigenvalue weighted by atomic mass is 10.1. The van der Waals surface area contributed by atoms with Gasteiger partial charge in [0.15, 0.2) is 5.96 Å². The summed E-state index contributed by atoms with van der Waals surface area (Å²) in [6.07, 6.45) is 2.21. The standard InChI is InChI=1S/C18H27FN4O2/c1-3-20-18(23-10-8-16(9-11-23)25-4-2)21-13-17(24)22-15-7-5-6-14(19)12-15/h5-7,12,16H,3-4,8-11,13H2,1-2H3,(H,20,21)(H,22,24). The largest absolute Gasteiger partial charge is 0.378 e. The predicted octanol–water partition coefficient (Wildman–Crippen LogP) is 2.23. The maximum absolute atomic E-state index is 13.2. The average molecular weight is 350 g/mol. The Hall–Kier alpha value is -2.15. The zero-order valence-electron chi connectivity index (χ0n) is 14.9. The second-order valence-electron chi connectivity index (χ2n) is 5.87. The molecule has 2 N–H and O–H groups in total. The van der Waals surface area contributed by atoms with Gasteiger partial charge in [-0.2, -0.15) is 0 Å². The fourth-order valence-corrected chi connectivity index (χ4v) is 2.81. The molecule has 0 aliphatic carbocycles. The van der Waals surface area contributed by atoms with Crippen LogP contribution in [-0.2, 0) is 9.53 Å². The zero-order chi connectivity index (χ0) is 18.1. The summed E-state index contributed by atoms with van der Waals surface area (Å²) in [5, 5.41) is 5.88. The van der Waals surface area contributed by atoms with E-state index >= 15 is 0 Å². The number of amides is 1. The highest BCUT2D eigenvalue weighted by Crippen LogP contribution is 2.14. The van der Waals surface area contributed by atoms with Gasteiger partial charge in [0.25, 0.3) is 0 Å². The van der Waals surface area contributed by atoms with Crippen molar-refractivity contribution in [2.45, 2.75) is 32.8 Å². The molecule has 0 aromatic heterocycles. The van der Waals surface area contributed by atoms with Gasteiger partial charge in [-0.15, -0.1) is 0 Å². The van der Waals surface area contributed by atoms with Gasteiger partial charge in [-0.05, 0) is 44.9 Å². The lowest BCUT2D eigenvalue weighted by Crippen LogP contribution is -2.47. The number of nitrogens with one attached hydrogen (secondary N) is 2. The number of aliphatic imine (C=N–C) groups is 1. The van der Waals surface area contributed by atoms with E-state index in [1.807, 2.05) is 13.8 Å². The monoisotopic (exact) mass is 350 g/mol. The molecule has 1 aromatic rings. The van der Waals surface area contributed by atoms with Crippen LogP contribution >= 0.6 is 0 Å². The van der Waals surface area contributed by atoms with Crippen molar-refractivity contribution in [2.24, 2.45) is 4.99 Å². The van der Waals surface area contributed by atoms with E-state index in [-0.39, 0.29) is 18.3 Å². The third kappa shape index (κ3) is 6.34. The van der Waals surface area contributed by atoms with Crippen molar-refractivity contribution in [3.63, 3.8) is 0 Å². The van der Waals surface area contributed by atoms with Crippen molar-refractivity contribution in [1.82, 2.24) is 10.2 Å². The number of likely N-dealkylation sites (tertiary alicyclic amines) is 1. The average Bonchev–Trinajstić information content (AvgIpc) is 2.60. The van der Waals surface area contributed by atoms with E-state index < -0.39 is 0 Å². The van der Waals surface area contributed by atoms with E-state index in [1.165, 1.54) is 12.1 Å². The summed E-state index contributed by atoms with van der Waals surface area (Å²) in [4.78, 5) is 18.6. The number of halogens is 1. The van der Waals surface area contributed by atoms with E-state index in [0.29, 0.717) is 11.8 Å². The fourth-order valence-electron chi connectivity index (χ4n) is 2.81. The summed E-state index contributed by atoms with van der Waals surface area (Å²) in [6.45, 7) is 7.16. The second-order valence-corrected chi connectivity index (χ2v) is 5.87. The van der Waals surface area contributed by atoms with Crippen LogP contribution in [0.5, 0.6) is 0 Å². The highest BCUT2D eigenvalue weighted by Gasteiger charge is 2.21. The van der Waals surface area contributed by atoms with Crippen molar-refractivity contribution in [3.05, 3.63) is 30.1 Å². The Labute approximate surface area is 148 Å². The number of rotatable bonds is 6. The van der Waals surface area contributed by atoms with Crippen molar-refractivity contribution in [1.29, 1.82) is 0 Å². The first-order chi connectivity index (χ1) is 12.1. The molecule has 1 amide bonds. The first-order valence-corrected chi connectivity index (χ1v) is 8.82. The number of ether oxygens (including phenoxy) is 1. The normalized spacial score (nSPS) is 16.0. The van der Waals surface area contributed by atoms with Crippen LogP contribution in [-0.4, -0.2) is 55.7 Å². The molecule has 0 bridgehead atoms. The number of carbonyl (C=O) groups is 1. The van der Waals surface area contributed by atoms with E-state index in [1.54, 1.807) is 12.1 Å². The Morgan fingerprint density at radius 1 is 1.36 bits per heavy atom. The van der Waals surface area contributed by atoms with E-state index in [4.69, 9.17) is 4.74 Å². The lowest BCUT2D eigenvalue weighted by molar-refractivity contribution is -0.114. The molecule has 1 heterocycles. The fraction of sp³-hybridized carbons (Fsp3) is 0.556. The molecule has 138 valence electrons. The summed E-state index contributed by atoms with van der Waals surface area (Å²) in [6, 6.07) is 5.82. The number of guanidine groups is 1. The Kier molecular flexibility index (Phi) is 7.66. The molecule has 1 fully saturated rings. The second kappa shape index (κ2) is 9.98. The highest BCUT2D eigenvalue weighted by molar-refractivity contribution is 5.94. The van der Waals surface area contributed by atoms with Crippen LogP contribution in [0.15, 0.2) is 29.3 Å². The number of benzene rings is 1. The quantitative estimate of drug-likeness (QED) is 0.610. The molecule has 2 rings (SSSR count). The van der Waals surface area contributed by atoms with E-state index in [9.17, 15) is 9.18 Å². The van der Waals surface area contributed by atoms with Crippen LogP contribution in [0.2, 0.25) is 0 Å². The van der Waals surface area contributed by atoms with Crippen molar-refractivity contribution < 1.29 is 13.9 Å².